The molecule has 2 aliphatic heterocycles. The van der Waals surface area contributed by atoms with E-state index in [-0.39, 0.29) is 0 Å². The van der Waals surface area contributed by atoms with E-state index in [0.29, 0.717) is 29.9 Å². The molecule has 2 fully saturated rings. The first-order valence-corrected chi connectivity index (χ1v) is 9.39. The Bertz CT molecular complexity index is 633. The molecular weight excluding hydrogens is 308 g/mol. The van der Waals surface area contributed by atoms with Crippen LogP contribution in [0.5, 0.6) is 0 Å². The number of halogens is 1. The van der Waals surface area contributed by atoms with Gasteiger partial charge in [-0.1, -0.05) is 6.07 Å². The first-order valence-electron chi connectivity index (χ1n) is 7.42. The summed E-state index contributed by atoms with van der Waals surface area (Å²) in [6.45, 7) is 5.11. The zero-order chi connectivity index (χ0) is 15.0. The fourth-order valence-corrected chi connectivity index (χ4v) is 5.09. The largest absolute Gasteiger partial charge is 0.298 e. The van der Waals surface area contributed by atoms with Gasteiger partial charge in [-0.15, -0.1) is 11.6 Å². The average Bonchev–Trinajstić information content (AvgIpc) is 2.94. The molecule has 21 heavy (non-hydrogen) atoms. The first kappa shape index (κ1) is 15.3. The quantitative estimate of drug-likeness (QED) is 0.799. The number of nitrogens with zero attached hydrogens (tertiary/aromatic N) is 2. The SMILES string of the molecule is Cc1ccc(S(=O)(=O)N2CCN3CCCC3C2)cc1CCl. The number of alkyl halides is 1. The van der Waals surface area contributed by atoms with Crippen molar-refractivity contribution in [1.82, 2.24) is 9.21 Å². The zero-order valence-corrected chi connectivity index (χ0v) is 13.8. The van der Waals surface area contributed by atoms with E-state index >= 15 is 0 Å². The summed E-state index contributed by atoms with van der Waals surface area (Å²) in [5, 5.41) is 0. The molecule has 1 aromatic carbocycles. The number of benzene rings is 1. The van der Waals surface area contributed by atoms with Gasteiger partial charge in [-0.05, 0) is 49.6 Å². The average molecular weight is 329 g/mol. The predicted molar refractivity (Wildman–Crippen MR) is 84.1 cm³/mol. The van der Waals surface area contributed by atoms with Crippen LogP contribution in [0.4, 0.5) is 0 Å². The molecule has 6 heteroatoms. The summed E-state index contributed by atoms with van der Waals surface area (Å²) in [4.78, 5) is 2.78. The summed E-state index contributed by atoms with van der Waals surface area (Å²) in [5.41, 5.74) is 1.92. The third kappa shape index (κ3) is 2.84. The molecule has 2 heterocycles. The number of hydrogen-bond donors (Lipinski definition) is 0. The smallest absolute Gasteiger partial charge is 0.243 e. The molecule has 1 unspecified atom stereocenters. The van der Waals surface area contributed by atoms with Crippen molar-refractivity contribution < 1.29 is 8.42 Å². The molecule has 0 spiro atoms. The van der Waals surface area contributed by atoms with Crippen molar-refractivity contribution in [3.8, 4) is 0 Å². The van der Waals surface area contributed by atoms with Crippen LogP contribution in [-0.4, -0.2) is 49.8 Å². The molecule has 0 amide bonds. The second-order valence-electron chi connectivity index (χ2n) is 5.92. The molecule has 0 N–H and O–H groups in total. The van der Waals surface area contributed by atoms with Gasteiger partial charge in [0.05, 0.1) is 4.90 Å². The fraction of sp³-hybridized carbons (Fsp3) is 0.600. The van der Waals surface area contributed by atoms with E-state index in [9.17, 15) is 8.42 Å². The van der Waals surface area contributed by atoms with Gasteiger partial charge in [0, 0.05) is 31.6 Å². The summed E-state index contributed by atoms with van der Waals surface area (Å²) in [6.07, 6.45) is 2.28. The number of rotatable bonds is 3. The van der Waals surface area contributed by atoms with Gasteiger partial charge in [0.15, 0.2) is 0 Å². The van der Waals surface area contributed by atoms with Crippen LogP contribution in [0.15, 0.2) is 23.1 Å². The van der Waals surface area contributed by atoms with Gasteiger partial charge < -0.3 is 0 Å². The summed E-state index contributed by atoms with van der Waals surface area (Å²) >= 11 is 5.90. The monoisotopic (exact) mass is 328 g/mol. The highest BCUT2D eigenvalue weighted by molar-refractivity contribution is 7.89. The van der Waals surface area contributed by atoms with Crippen molar-refractivity contribution in [3.63, 3.8) is 0 Å². The van der Waals surface area contributed by atoms with Crippen molar-refractivity contribution >= 4 is 21.6 Å². The zero-order valence-electron chi connectivity index (χ0n) is 12.3. The van der Waals surface area contributed by atoms with Crippen LogP contribution < -0.4 is 0 Å². The number of piperazine rings is 1. The van der Waals surface area contributed by atoms with Gasteiger partial charge in [0.2, 0.25) is 10.0 Å². The van der Waals surface area contributed by atoms with Gasteiger partial charge in [0.25, 0.3) is 0 Å². The highest BCUT2D eigenvalue weighted by Crippen LogP contribution is 2.27. The molecule has 2 saturated heterocycles. The third-order valence-electron chi connectivity index (χ3n) is 4.65. The van der Waals surface area contributed by atoms with E-state index in [0.717, 1.165) is 30.6 Å². The van der Waals surface area contributed by atoms with Crippen molar-refractivity contribution in [2.75, 3.05) is 26.2 Å². The molecule has 2 aliphatic rings. The van der Waals surface area contributed by atoms with Crippen LogP contribution in [0.3, 0.4) is 0 Å². The molecule has 0 aliphatic carbocycles. The minimum Gasteiger partial charge on any atom is -0.298 e. The van der Waals surface area contributed by atoms with E-state index < -0.39 is 10.0 Å². The Morgan fingerprint density at radius 2 is 2.10 bits per heavy atom. The lowest BCUT2D eigenvalue weighted by Crippen LogP contribution is -2.51. The Hall–Kier alpha value is -0.620. The number of fused-ring (bicyclic) bond motifs is 1. The van der Waals surface area contributed by atoms with E-state index in [1.54, 1.807) is 16.4 Å². The van der Waals surface area contributed by atoms with Gasteiger partial charge in [0.1, 0.15) is 0 Å². The Labute approximate surface area is 131 Å². The van der Waals surface area contributed by atoms with Gasteiger partial charge in [-0.3, -0.25) is 4.90 Å². The van der Waals surface area contributed by atoms with Crippen LogP contribution in [-0.2, 0) is 15.9 Å². The number of sulfonamides is 1. The molecule has 0 saturated carbocycles. The number of hydrogen-bond acceptors (Lipinski definition) is 3. The normalized spacial score (nSPS) is 24.2. The molecule has 0 bridgehead atoms. The van der Waals surface area contributed by atoms with Crippen molar-refractivity contribution in [3.05, 3.63) is 29.3 Å². The molecule has 4 nitrogen and oxygen atoms in total. The summed E-state index contributed by atoms with van der Waals surface area (Å²) < 4.78 is 27.3. The number of aryl methyl sites for hydroxylation is 1. The standard InChI is InChI=1S/C15H21ClN2O2S/c1-12-4-5-15(9-13(12)10-16)21(19,20)18-8-7-17-6-2-3-14(17)11-18/h4-5,9,14H,2-3,6-8,10-11H2,1H3. The lowest BCUT2D eigenvalue weighted by molar-refractivity contribution is 0.158. The minimum absolute atomic E-state index is 0.339. The Balaban J connectivity index is 1.86. The lowest BCUT2D eigenvalue weighted by atomic mass is 10.1. The predicted octanol–water partition coefficient (Wildman–Crippen LogP) is 2.20. The maximum Gasteiger partial charge on any atom is 0.243 e. The Kier molecular flexibility index (Phi) is 4.28. The first-order chi connectivity index (χ1) is 10.0. The van der Waals surface area contributed by atoms with Crippen molar-refractivity contribution in [2.45, 2.75) is 36.6 Å². The highest BCUT2D eigenvalue weighted by Gasteiger charge is 2.36. The van der Waals surface area contributed by atoms with Gasteiger partial charge >= 0.3 is 0 Å². The van der Waals surface area contributed by atoms with E-state index in [4.69, 9.17) is 11.6 Å². The molecule has 1 atom stereocenters. The van der Waals surface area contributed by atoms with E-state index in [2.05, 4.69) is 4.90 Å². The molecular formula is C15H21ClN2O2S. The van der Waals surface area contributed by atoms with Crippen LogP contribution in [0.1, 0.15) is 24.0 Å². The molecule has 1 aromatic rings. The van der Waals surface area contributed by atoms with Crippen LogP contribution in [0, 0.1) is 6.92 Å². The van der Waals surface area contributed by atoms with E-state index in [1.807, 2.05) is 13.0 Å². The van der Waals surface area contributed by atoms with Crippen LogP contribution in [0.25, 0.3) is 0 Å². The maximum absolute atomic E-state index is 12.8. The second-order valence-corrected chi connectivity index (χ2v) is 8.12. The molecule has 0 radical (unpaired) electrons. The Morgan fingerprint density at radius 1 is 1.29 bits per heavy atom. The van der Waals surface area contributed by atoms with E-state index in [1.165, 1.54) is 6.42 Å². The molecule has 0 aromatic heterocycles. The van der Waals surface area contributed by atoms with Crippen molar-refractivity contribution in [2.24, 2.45) is 0 Å². The minimum atomic E-state index is -3.40. The van der Waals surface area contributed by atoms with Crippen LogP contribution >= 0.6 is 11.6 Å². The summed E-state index contributed by atoms with van der Waals surface area (Å²) in [6, 6.07) is 5.66. The Morgan fingerprint density at radius 3 is 2.86 bits per heavy atom. The fourth-order valence-electron chi connectivity index (χ4n) is 3.28. The second kappa shape index (κ2) is 5.88. The van der Waals surface area contributed by atoms with Gasteiger partial charge in [-0.25, -0.2) is 8.42 Å². The highest BCUT2D eigenvalue weighted by atomic mass is 35.5. The van der Waals surface area contributed by atoms with Gasteiger partial charge in [-0.2, -0.15) is 4.31 Å². The summed E-state index contributed by atoms with van der Waals surface area (Å²) in [5.74, 6) is 0.339. The third-order valence-corrected chi connectivity index (χ3v) is 6.80. The molecule has 116 valence electrons. The maximum atomic E-state index is 12.8. The summed E-state index contributed by atoms with van der Waals surface area (Å²) in [7, 11) is -3.40. The topological polar surface area (TPSA) is 40.6 Å². The molecule has 3 rings (SSSR count). The van der Waals surface area contributed by atoms with Crippen LogP contribution in [0.2, 0.25) is 0 Å². The lowest BCUT2D eigenvalue weighted by Gasteiger charge is -2.36. The van der Waals surface area contributed by atoms with Crippen molar-refractivity contribution in [1.29, 1.82) is 0 Å².